The molecule has 0 aliphatic carbocycles. The van der Waals surface area contributed by atoms with Crippen molar-refractivity contribution in [2.75, 3.05) is 5.43 Å². The van der Waals surface area contributed by atoms with Crippen molar-refractivity contribution in [3.8, 4) is 0 Å². The summed E-state index contributed by atoms with van der Waals surface area (Å²) < 4.78 is 0. The van der Waals surface area contributed by atoms with Crippen molar-refractivity contribution in [1.29, 1.82) is 0 Å². The lowest BCUT2D eigenvalue weighted by Gasteiger charge is -2.04. The first kappa shape index (κ1) is 16.9. The van der Waals surface area contributed by atoms with E-state index in [1.54, 1.807) is 54.6 Å². The lowest BCUT2D eigenvalue weighted by atomic mass is 10.2. The van der Waals surface area contributed by atoms with Crippen LogP contribution in [-0.4, -0.2) is 28.4 Å². The number of carboxylic acid groups (broad SMARTS) is 1. The number of hydrogen-bond donors (Lipinski definition) is 3. The highest BCUT2D eigenvalue weighted by Gasteiger charge is 2.14. The zero-order valence-corrected chi connectivity index (χ0v) is 12.9. The average Bonchev–Trinajstić information content (AvgIpc) is 2.61. The number of nitrogens with zero attached hydrogens (tertiary/aromatic N) is 2. The molecule has 0 aliphatic rings. The molecule has 2 aromatic rings. The lowest BCUT2D eigenvalue weighted by molar-refractivity contribution is -0.129. The van der Waals surface area contributed by atoms with Crippen LogP contribution in [0.2, 0.25) is 0 Å². The first-order chi connectivity index (χ1) is 11.6. The SMILES string of the molecule is CC(=N\NC(=O)c1ccccc1)/C(=N/Nc1ccccc1)C(=O)O. The van der Waals surface area contributed by atoms with Gasteiger partial charge in [-0.1, -0.05) is 36.4 Å². The fourth-order valence-corrected chi connectivity index (χ4v) is 1.76. The summed E-state index contributed by atoms with van der Waals surface area (Å²) in [6.45, 7) is 1.45. The molecule has 0 fully saturated rings. The van der Waals surface area contributed by atoms with E-state index in [9.17, 15) is 14.7 Å². The van der Waals surface area contributed by atoms with E-state index >= 15 is 0 Å². The fraction of sp³-hybridized carbons (Fsp3) is 0.0588. The molecule has 1 amide bonds. The van der Waals surface area contributed by atoms with Crippen LogP contribution in [0.3, 0.4) is 0 Å². The Bertz CT molecular complexity index is 771. The van der Waals surface area contributed by atoms with E-state index < -0.39 is 11.9 Å². The highest BCUT2D eigenvalue weighted by molar-refractivity contribution is 6.65. The Morgan fingerprint density at radius 1 is 0.917 bits per heavy atom. The van der Waals surface area contributed by atoms with E-state index in [0.29, 0.717) is 11.3 Å². The number of nitrogens with one attached hydrogen (secondary N) is 2. The molecule has 0 radical (unpaired) electrons. The molecule has 0 aliphatic heterocycles. The van der Waals surface area contributed by atoms with Crippen molar-refractivity contribution in [2.24, 2.45) is 10.2 Å². The molecule has 24 heavy (non-hydrogen) atoms. The third-order valence-electron chi connectivity index (χ3n) is 2.98. The number of rotatable bonds is 6. The summed E-state index contributed by atoms with van der Waals surface area (Å²) in [7, 11) is 0. The Morgan fingerprint density at radius 2 is 1.50 bits per heavy atom. The van der Waals surface area contributed by atoms with Crippen molar-refractivity contribution in [2.45, 2.75) is 6.92 Å². The van der Waals surface area contributed by atoms with Gasteiger partial charge in [0.25, 0.3) is 5.91 Å². The van der Waals surface area contributed by atoms with E-state index in [0.717, 1.165) is 0 Å². The fourth-order valence-electron chi connectivity index (χ4n) is 1.76. The molecule has 0 spiro atoms. The van der Waals surface area contributed by atoms with Gasteiger partial charge in [0.05, 0.1) is 11.4 Å². The van der Waals surface area contributed by atoms with Gasteiger partial charge in [-0.2, -0.15) is 10.2 Å². The molecule has 0 saturated carbocycles. The van der Waals surface area contributed by atoms with E-state index in [1.807, 2.05) is 6.07 Å². The summed E-state index contributed by atoms with van der Waals surface area (Å²) in [4.78, 5) is 23.2. The molecule has 0 saturated heterocycles. The van der Waals surface area contributed by atoms with Crippen LogP contribution in [0.4, 0.5) is 5.69 Å². The third kappa shape index (κ3) is 4.77. The van der Waals surface area contributed by atoms with Gasteiger partial charge >= 0.3 is 5.97 Å². The number of benzene rings is 2. The Labute approximate surface area is 138 Å². The van der Waals surface area contributed by atoms with E-state index in [1.165, 1.54) is 6.92 Å². The Hall–Kier alpha value is -3.48. The highest BCUT2D eigenvalue weighted by Crippen LogP contribution is 2.05. The Kier molecular flexibility index (Phi) is 5.79. The maximum absolute atomic E-state index is 11.9. The number of anilines is 1. The van der Waals surface area contributed by atoms with E-state index in [-0.39, 0.29) is 11.4 Å². The molecule has 3 N–H and O–H groups in total. The molecule has 2 aromatic carbocycles. The molecular weight excluding hydrogens is 308 g/mol. The largest absolute Gasteiger partial charge is 0.476 e. The van der Waals surface area contributed by atoms with Crippen molar-refractivity contribution in [1.82, 2.24) is 5.43 Å². The van der Waals surface area contributed by atoms with Crippen LogP contribution in [0, 0.1) is 0 Å². The number of para-hydroxylation sites is 1. The molecule has 2 rings (SSSR count). The molecular formula is C17H16N4O3. The van der Waals surface area contributed by atoms with Crippen LogP contribution in [0.1, 0.15) is 17.3 Å². The van der Waals surface area contributed by atoms with Crippen molar-refractivity contribution >= 4 is 29.0 Å². The van der Waals surface area contributed by atoms with Gasteiger partial charge in [0.2, 0.25) is 0 Å². The number of carboxylic acids is 1. The summed E-state index contributed by atoms with van der Waals surface area (Å²) in [6, 6.07) is 17.4. The lowest BCUT2D eigenvalue weighted by Crippen LogP contribution is -2.27. The minimum Gasteiger partial charge on any atom is -0.476 e. The van der Waals surface area contributed by atoms with Gasteiger partial charge in [-0.25, -0.2) is 10.2 Å². The van der Waals surface area contributed by atoms with Gasteiger partial charge < -0.3 is 5.11 Å². The molecule has 7 nitrogen and oxygen atoms in total. The molecule has 0 heterocycles. The first-order valence-corrected chi connectivity index (χ1v) is 7.10. The highest BCUT2D eigenvalue weighted by atomic mass is 16.4. The summed E-state index contributed by atoms with van der Waals surface area (Å²) >= 11 is 0. The molecule has 0 unspecified atom stereocenters. The van der Waals surface area contributed by atoms with Crippen molar-refractivity contribution < 1.29 is 14.7 Å². The summed E-state index contributed by atoms with van der Waals surface area (Å²) in [5.41, 5.74) is 5.77. The standard InChI is InChI=1S/C17H16N4O3/c1-12(18-21-16(22)13-8-4-2-5-9-13)15(17(23)24)20-19-14-10-6-3-7-11-14/h2-11,19H,1H3,(H,21,22)(H,23,24)/b18-12+,20-15-. The van der Waals surface area contributed by atoms with Crippen LogP contribution in [0.5, 0.6) is 0 Å². The van der Waals surface area contributed by atoms with Crippen LogP contribution in [0.25, 0.3) is 0 Å². The third-order valence-corrected chi connectivity index (χ3v) is 2.98. The van der Waals surface area contributed by atoms with Gasteiger partial charge in [-0.05, 0) is 31.2 Å². The quantitative estimate of drug-likeness (QED) is 0.560. The summed E-state index contributed by atoms with van der Waals surface area (Å²) in [5.74, 6) is -1.69. The molecule has 7 heteroatoms. The number of carbonyl (C=O) groups is 2. The Morgan fingerprint density at radius 3 is 2.08 bits per heavy atom. The summed E-state index contributed by atoms with van der Waals surface area (Å²) in [6.07, 6.45) is 0. The summed E-state index contributed by atoms with van der Waals surface area (Å²) in [5, 5.41) is 16.9. The van der Waals surface area contributed by atoms with Gasteiger partial charge in [-0.3, -0.25) is 10.2 Å². The molecule has 0 atom stereocenters. The second-order valence-corrected chi connectivity index (χ2v) is 4.75. The molecule has 0 aromatic heterocycles. The monoisotopic (exact) mass is 324 g/mol. The molecule has 122 valence electrons. The number of amides is 1. The minimum atomic E-state index is -1.26. The number of hydrazone groups is 2. The van der Waals surface area contributed by atoms with Crippen molar-refractivity contribution in [3.05, 3.63) is 66.2 Å². The Balaban J connectivity index is 2.09. The normalized spacial score (nSPS) is 11.7. The van der Waals surface area contributed by atoms with Crippen LogP contribution >= 0.6 is 0 Å². The second kappa shape index (κ2) is 8.23. The first-order valence-electron chi connectivity index (χ1n) is 7.10. The maximum Gasteiger partial charge on any atom is 0.358 e. The minimum absolute atomic E-state index is 0.0650. The van der Waals surface area contributed by atoms with Crippen LogP contribution in [-0.2, 0) is 4.79 Å². The number of hydrogen-bond acceptors (Lipinski definition) is 5. The van der Waals surface area contributed by atoms with Crippen LogP contribution < -0.4 is 10.9 Å². The predicted octanol–water partition coefficient (Wildman–Crippen LogP) is 2.34. The van der Waals surface area contributed by atoms with Gasteiger partial charge in [-0.15, -0.1) is 0 Å². The van der Waals surface area contributed by atoms with E-state index in [4.69, 9.17) is 0 Å². The topological polar surface area (TPSA) is 103 Å². The van der Waals surface area contributed by atoms with Gasteiger partial charge in [0, 0.05) is 5.56 Å². The van der Waals surface area contributed by atoms with E-state index in [2.05, 4.69) is 21.1 Å². The van der Waals surface area contributed by atoms with Gasteiger partial charge in [0.1, 0.15) is 0 Å². The van der Waals surface area contributed by atoms with Crippen molar-refractivity contribution in [3.63, 3.8) is 0 Å². The average molecular weight is 324 g/mol. The number of carbonyl (C=O) groups excluding carboxylic acids is 1. The predicted molar refractivity (Wildman–Crippen MR) is 92.2 cm³/mol. The zero-order chi connectivity index (χ0) is 17.4. The number of aliphatic carboxylic acids is 1. The van der Waals surface area contributed by atoms with Crippen LogP contribution in [0.15, 0.2) is 70.9 Å². The zero-order valence-electron chi connectivity index (χ0n) is 12.9. The smallest absolute Gasteiger partial charge is 0.358 e. The maximum atomic E-state index is 11.9. The second-order valence-electron chi connectivity index (χ2n) is 4.75. The van der Waals surface area contributed by atoms with Gasteiger partial charge in [0.15, 0.2) is 5.71 Å². The molecule has 0 bridgehead atoms.